The standard InChI is InChI=1S/C5H12.CH4O/c1-4-5(2)3;1-2/h5H,4H2,1-3H3;2H,1H3. The third-order valence-electron chi connectivity index (χ3n) is 0.816. The van der Waals surface area contributed by atoms with Gasteiger partial charge in [0.2, 0.25) is 0 Å². The Morgan fingerprint density at radius 2 is 1.43 bits per heavy atom. The van der Waals surface area contributed by atoms with Crippen LogP contribution in [0.2, 0.25) is 0 Å². The Kier molecular flexibility index (Phi) is 13.4. The van der Waals surface area contributed by atoms with Crippen LogP contribution in [0.1, 0.15) is 27.2 Å². The lowest BCUT2D eigenvalue weighted by Gasteiger charge is -1.90. The molecule has 0 saturated heterocycles. The maximum Gasteiger partial charge on any atom is 0.0319 e. The zero-order valence-electron chi connectivity index (χ0n) is 5.73. The van der Waals surface area contributed by atoms with Gasteiger partial charge in [-0.25, -0.2) is 0 Å². The van der Waals surface area contributed by atoms with E-state index in [1.54, 1.807) is 0 Å². The van der Waals surface area contributed by atoms with Crippen molar-refractivity contribution >= 4 is 0 Å². The van der Waals surface area contributed by atoms with E-state index in [0.29, 0.717) is 0 Å². The largest absolute Gasteiger partial charge is 0.400 e. The van der Waals surface area contributed by atoms with E-state index < -0.39 is 0 Å². The summed E-state index contributed by atoms with van der Waals surface area (Å²) >= 11 is 0. The molecular weight excluding hydrogens is 88.1 g/mol. The van der Waals surface area contributed by atoms with Crippen molar-refractivity contribution in [3.8, 4) is 0 Å². The van der Waals surface area contributed by atoms with Gasteiger partial charge in [-0.3, -0.25) is 0 Å². The van der Waals surface area contributed by atoms with Gasteiger partial charge in [0.15, 0.2) is 0 Å². The van der Waals surface area contributed by atoms with Crippen LogP contribution in [0.4, 0.5) is 0 Å². The van der Waals surface area contributed by atoms with Gasteiger partial charge >= 0.3 is 0 Å². The Bertz CT molecular complexity index is 18.1. The van der Waals surface area contributed by atoms with Crippen molar-refractivity contribution < 1.29 is 5.11 Å². The lowest BCUT2D eigenvalue weighted by Crippen LogP contribution is -1.77. The molecule has 0 spiro atoms. The first kappa shape index (κ1) is 10.0. The molecule has 7 heavy (non-hydrogen) atoms. The van der Waals surface area contributed by atoms with Crippen molar-refractivity contribution in [1.82, 2.24) is 0 Å². The monoisotopic (exact) mass is 104 g/mol. The quantitative estimate of drug-likeness (QED) is 0.536. The van der Waals surface area contributed by atoms with Crippen LogP contribution >= 0.6 is 0 Å². The molecule has 0 unspecified atom stereocenters. The predicted octanol–water partition coefficient (Wildman–Crippen LogP) is 1.66. The molecule has 1 nitrogen and oxygen atoms in total. The summed E-state index contributed by atoms with van der Waals surface area (Å²) in [4.78, 5) is 0. The number of hydrogen-bond acceptors (Lipinski definition) is 1. The smallest absolute Gasteiger partial charge is 0.0319 e. The number of rotatable bonds is 1. The number of hydrogen-bond donors (Lipinski definition) is 1. The van der Waals surface area contributed by atoms with Gasteiger partial charge in [0.05, 0.1) is 0 Å². The van der Waals surface area contributed by atoms with Crippen LogP contribution in [0.25, 0.3) is 0 Å². The van der Waals surface area contributed by atoms with Crippen LogP contribution in [0.5, 0.6) is 0 Å². The third kappa shape index (κ3) is 24.3. The SMILES string of the molecule is CCC(C)C.CO. The average molecular weight is 104 g/mol. The van der Waals surface area contributed by atoms with Crippen molar-refractivity contribution in [2.45, 2.75) is 27.2 Å². The molecule has 0 fully saturated rings. The molecule has 0 bridgehead atoms. The van der Waals surface area contributed by atoms with Crippen LogP contribution in [-0.2, 0) is 0 Å². The van der Waals surface area contributed by atoms with Gasteiger partial charge in [-0.15, -0.1) is 0 Å². The molecule has 0 aromatic rings. The fraction of sp³-hybridized carbons (Fsp3) is 1.00. The number of aliphatic hydroxyl groups is 1. The molecule has 0 rings (SSSR count). The molecule has 1 heteroatoms. The first-order valence-corrected chi connectivity index (χ1v) is 2.72. The zero-order valence-corrected chi connectivity index (χ0v) is 5.73. The molecule has 0 saturated carbocycles. The minimum Gasteiger partial charge on any atom is -0.400 e. The molecular formula is C6H16O. The lowest BCUT2D eigenvalue weighted by molar-refractivity contribution is 0.399. The summed E-state index contributed by atoms with van der Waals surface area (Å²) < 4.78 is 0. The summed E-state index contributed by atoms with van der Waals surface area (Å²) in [5.74, 6) is 0.884. The van der Waals surface area contributed by atoms with E-state index in [0.717, 1.165) is 13.0 Å². The van der Waals surface area contributed by atoms with Crippen LogP contribution in [0, 0.1) is 5.92 Å². The van der Waals surface area contributed by atoms with Crippen LogP contribution in [-0.4, -0.2) is 12.2 Å². The van der Waals surface area contributed by atoms with Gasteiger partial charge in [0.1, 0.15) is 0 Å². The number of aliphatic hydroxyl groups excluding tert-OH is 1. The van der Waals surface area contributed by atoms with Crippen molar-refractivity contribution in [3.63, 3.8) is 0 Å². The second-order valence-electron chi connectivity index (χ2n) is 1.80. The second-order valence-corrected chi connectivity index (χ2v) is 1.80. The summed E-state index contributed by atoms with van der Waals surface area (Å²) in [6.07, 6.45) is 1.31. The third-order valence-corrected chi connectivity index (χ3v) is 0.816. The predicted molar refractivity (Wildman–Crippen MR) is 33.3 cm³/mol. The highest BCUT2D eigenvalue weighted by molar-refractivity contribution is 4.32. The van der Waals surface area contributed by atoms with E-state index >= 15 is 0 Å². The van der Waals surface area contributed by atoms with Gasteiger partial charge in [-0.2, -0.15) is 0 Å². The maximum atomic E-state index is 7.00. The summed E-state index contributed by atoms with van der Waals surface area (Å²) in [6, 6.07) is 0. The van der Waals surface area contributed by atoms with Gasteiger partial charge in [-0.1, -0.05) is 27.2 Å². The highest BCUT2D eigenvalue weighted by atomic mass is 16.2. The van der Waals surface area contributed by atoms with E-state index in [4.69, 9.17) is 5.11 Å². The molecule has 0 atom stereocenters. The van der Waals surface area contributed by atoms with Crippen molar-refractivity contribution in [2.24, 2.45) is 5.92 Å². The fourth-order valence-electron chi connectivity index (χ4n) is 0. The van der Waals surface area contributed by atoms with Crippen molar-refractivity contribution in [2.75, 3.05) is 7.11 Å². The Morgan fingerprint density at radius 3 is 1.43 bits per heavy atom. The molecule has 0 amide bonds. The zero-order chi connectivity index (χ0) is 6.28. The molecule has 1 N–H and O–H groups in total. The normalized spacial score (nSPS) is 7.71. The Labute approximate surface area is 46.4 Å². The van der Waals surface area contributed by atoms with Crippen LogP contribution < -0.4 is 0 Å². The highest BCUT2D eigenvalue weighted by Crippen LogP contribution is 1.93. The topological polar surface area (TPSA) is 20.2 Å². The first-order valence-electron chi connectivity index (χ1n) is 2.72. The molecule has 0 aliphatic heterocycles. The molecule has 0 aliphatic rings. The van der Waals surface area contributed by atoms with Gasteiger partial charge < -0.3 is 5.11 Å². The average Bonchev–Trinajstić information content (AvgIpc) is 1.73. The Morgan fingerprint density at radius 1 is 1.29 bits per heavy atom. The van der Waals surface area contributed by atoms with Crippen LogP contribution in [0.3, 0.4) is 0 Å². The van der Waals surface area contributed by atoms with E-state index in [1.807, 2.05) is 0 Å². The minimum atomic E-state index is 0.884. The molecule has 0 aliphatic carbocycles. The van der Waals surface area contributed by atoms with Gasteiger partial charge in [0.25, 0.3) is 0 Å². The highest BCUT2D eigenvalue weighted by Gasteiger charge is 1.80. The Hall–Kier alpha value is -0.0400. The summed E-state index contributed by atoms with van der Waals surface area (Å²) in [5, 5.41) is 7.00. The molecule has 0 aromatic heterocycles. The second kappa shape index (κ2) is 9.35. The minimum absolute atomic E-state index is 0.884. The molecule has 0 radical (unpaired) electrons. The van der Waals surface area contributed by atoms with Crippen molar-refractivity contribution in [1.29, 1.82) is 0 Å². The summed E-state index contributed by atoms with van der Waals surface area (Å²) in [7, 11) is 1.00. The fourth-order valence-corrected chi connectivity index (χ4v) is 0. The lowest BCUT2D eigenvalue weighted by atomic mass is 10.2. The van der Waals surface area contributed by atoms with Crippen molar-refractivity contribution in [3.05, 3.63) is 0 Å². The molecule has 0 heterocycles. The van der Waals surface area contributed by atoms with E-state index in [2.05, 4.69) is 20.8 Å². The first-order chi connectivity index (χ1) is 3.27. The maximum absolute atomic E-state index is 7.00. The van der Waals surface area contributed by atoms with Gasteiger partial charge in [-0.05, 0) is 5.92 Å². The van der Waals surface area contributed by atoms with Gasteiger partial charge in [0, 0.05) is 7.11 Å². The molecule has 46 valence electrons. The van der Waals surface area contributed by atoms with E-state index in [1.165, 1.54) is 6.42 Å². The summed E-state index contributed by atoms with van der Waals surface area (Å²) in [5.41, 5.74) is 0. The summed E-state index contributed by atoms with van der Waals surface area (Å²) in [6.45, 7) is 6.64. The van der Waals surface area contributed by atoms with Crippen LogP contribution in [0.15, 0.2) is 0 Å². The Balaban J connectivity index is 0. The van der Waals surface area contributed by atoms with E-state index in [-0.39, 0.29) is 0 Å². The van der Waals surface area contributed by atoms with E-state index in [9.17, 15) is 0 Å². The molecule has 0 aromatic carbocycles.